The van der Waals surface area contributed by atoms with Crippen LogP contribution in [0.4, 0.5) is 0 Å². The smallest absolute Gasteiger partial charge is 0.218 e. The molecule has 0 aromatic rings. The summed E-state index contributed by atoms with van der Waals surface area (Å²) in [6.07, 6.45) is 2.93. The van der Waals surface area contributed by atoms with Gasteiger partial charge in [-0.25, -0.2) is 12.7 Å². The summed E-state index contributed by atoms with van der Waals surface area (Å²) in [5.41, 5.74) is 0.286. The molecule has 1 heterocycles. The van der Waals surface area contributed by atoms with E-state index in [2.05, 4.69) is 13.8 Å². The zero-order valence-corrected chi connectivity index (χ0v) is 11.3. The molecule has 0 aromatic carbocycles. The number of nitrogens with zero attached hydrogens (tertiary/aromatic N) is 1. The summed E-state index contributed by atoms with van der Waals surface area (Å²) in [6, 6.07) is 0. The number of sulfonamides is 1. The minimum Gasteiger partial charge on any atom is -0.395 e. The monoisotopic (exact) mass is 249 g/mol. The van der Waals surface area contributed by atoms with Crippen LogP contribution in [0, 0.1) is 5.41 Å². The highest BCUT2D eigenvalue weighted by Gasteiger charge is 2.35. The number of aliphatic hydroxyl groups is 1. The maximum atomic E-state index is 12.0. The number of hydrogen-bond donors (Lipinski definition) is 1. The van der Waals surface area contributed by atoms with Crippen molar-refractivity contribution in [3.63, 3.8) is 0 Å². The molecule has 0 aromatic heterocycles. The first kappa shape index (κ1) is 13.9. The van der Waals surface area contributed by atoms with E-state index < -0.39 is 15.3 Å². The van der Waals surface area contributed by atoms with E-state index >= 15 is 0 Å². The van der Waals surface area contributed by atoms with Crippen LogP contribution in [0.3, 0.4) is 0 Å². The van der Waals surface area contributed by atoms with Gasteiger partial charge in [0.15, 0.2) is 0 Å². The predicted octanol–water partition coefficient (Wildman–Crippen LogP) is 1.21. The van der Waals surface area contributed by atoms with Crippen molar-refractivity contribution in [2.45, 2.75) is 45.3 Å². The van der Waals surface area contributed by atoms with Gasteiger partial charge in [0.25, 0.3) is 0 Å². The van der Waals surface area contributed by atoms with Gasteiger partial charge in [0.1, 0.15) is 0 Å². The summed E-state index contributed by atoms with van der Waals surface area (Å²) in [6.45, 7) is 6.81. The van der Waals surface area contributed by atoms with Gasteiger partial charge in [-0.1, -0.05) is 20.3 Å². The molecule has 1 N–H and O–H groups in total. The zero-order valence-electron chi connectivity index (χ0n) is 10.4. The van der Waals surface area contributed by atoms with Crippen molar-refractivity contribution in [2.24, 2.45) is 5.41 Å². The van der Waals surface area contributed by atoms with Crippen molar-refractivity contribution in [3.05, 3.63) is 0 Å². The minimum absolute atomic E-state index is 0.286. The van der Waals surface area contributed by atoms with Gasteiger partial charge < -0.3 is 5.11 Å². The van der Waals surface area contributed by atoms with E-state index in [0.29, 0.717) is 13.1 Å². The molecule has 1 fully saturated rings. The molecule has 96 valence electrons. The van der Waals surface area contributed by atoms with Crippen molar-refractivity contribution < 1.29 is 13.5 Å². The summed E-state index contributed by atoms with van der Waals surface area (Å²) < 4.78 is 25.5. The van der Waals surface area contributed by atoms with Crippen LogP contribution in [0.25, 0.3) is 0 Å². The molecule has 0 aliphatic carbocycles. The van der Waals surface area contributed by atoms with Crippen LogP contribution < -0.4 is 0 Å². The van der Waals surface area contributed by atoms with Crippen LogP contribution in [-0.4, -0.2) is 42.8 Å². The molecule has 0 radical (unpaired) electrons. The quantitative estimate of drug-likeness (QED) is 0.814. The summed E-state index contributed by atoms with van der Waals surface area (Å²) in [5, 5.41) is 8.26. The molecule has 1 rings (SSSR count). The highest BCUT2D eigenvalue weighted by atomic mass is 32.2. The topological polar surface area (TPSA) is 57.6 Å². The Morgan fingerprint density at radius 2 is 1.88 bits per heavy atom. The van der Waals surface area contributed by atoms with E-state index in [1.807, 2.05) is 0 Å². The van der Waals surface area contributed by atoms with Crippen molar-refractivity contribution in [1.82, 2.24) is 4.31 Å². The Morgan fingerprint density at radius 3 is 2.25 bits per heavy atom. The van der Waals surface area contributed by atoms with E-state index in [9.17, 15) is 8.42 Å². The van der Waals surface area contributed by atoms with Crippen LogP contribution >= 0.6 is 0 Å². The molecule has 1 unspecified atom stereocenters. The fourth-order valence-corrected chi connectivity index (χ4v) is 3.37. The molecule has 0 saturated carbocycles. The minimum atomic E-state index is -3.29. The Balaban J connectivity index is 2.67. The van der Waals surface area contributed by atoms with Gasteiger partial charge in [-0.15, -0.1) is 0 Å². The van der Waals surface area contributed by atoms with Crippen LogP contribution in [0.5, 0.6) is 0 Å². The molecule has 1 saturated heterocycles. The molecular formula is C11H23NO3S. The van der Waals surface area contributed by atoms with Gasteiger partial charge in [-0.2, -0.15) is 0 Å². The van der Waals surface area contributed by atoms with Crippen molar-refractivity contribution in [1.29, 1.82) is 0 Å². The standard InChI is InChI=1S/C11H23NO3S/c1-4-11(3)5-7-12(8-6-11)16(14,15)10(2)9-13/h10,13H,4-9H2,1-3H3. The highest BCUT2D eigenvalue weighted by Crippen LogP contribution is 2.35. The molecular weight excluding hydrogens is 226 g/mol. The molecule has 0 amide bonds. The normalized spacial score (nSPS) is 24.2. The lowest BCUT2D eigenvalue weighted by Gasteiger charge is -2.38. The van der Waals surface area contributed by atoms with Crippen LogP contribution in [-0.2, 0) is 10.0 Å². The first-order chi connectivity index (χ1) is 7.35. The second-order valence-corrected chi connectivity index (χ2v) is 7.45. The molecule has 16 heavy (non-hydrogen) atoms. The average Bonchev–Trinajstić information content (AvgIpc) is 2.28. The molecule has 4 nitrogen and oxygen atoms in total. The molecule has 0 spiro atoms. The van der Waals surface area contributed by atoms with E-state index in [1.165, 1.54) is 4.31 Å². The number of piperidine rings is 1. The van der Waals surface area contributed by atoms with Crippen LogP contribution in [0.2, 0.25) is 0 Å². The summed E-state index contributed by atoms with van der Waals surface area (Å²) in [7, 11) is -3.29. The van der Waals surface area contributed by atoms with E-state index in [1.54, 1.807) is 6.92 Å². The van der Waals surface area contributed by atoms with Crippen molar-refractivity contribution >= 4 is 10.0 Å². The summed E-state index contributed by atoms with van der Waals surface area (Å²) in [4.78, 5) is 0. The lowest BCUT2D eigenvalue weighted by atomic mass is 9.79. The number of aliphatic hydroxyl groups excluding tert-OH is 1. The predicted molar refractivity (Wildman–Crippen MR) is 64.7 cm³/mol. The maximum absolute atomic E-state index is 12.0. The number of hydrogen-bond acceptors (Lipinski definition) is 3. The Kier molecular flexibility index (Phi) is 4.37. The van der Waals surface area contributed by atoms with Crippen LogP contribution in [0.1, 0.15) is 40.0 Å². The first-order valence-corrected chi connectivity index (χ1v) is 7.46. The Morgan fingerprint density at radius 1 is 1.38 bits per heavy atom. The fourth-order valence-electron chi connectivity index (χ4n) is 1.98. The van der Waals surface area contributed by atoms with Gasteiger partial charge >= 0.3 is 0 Å². The van der Waals surface area contributed by atoms with Crippen LogP contribution in [0.15, 0.2) is 0 Å². The third-order valence-electron chi connectivity index (χ3n) is 3.91. The van der Waals surface area contributed by atoms with Gasteiger partial charge in [-0.05, 0) is 25.2 Å². The van der Waals surface area contributed by atoms with Gasteiger partial charge in [-0.3, -0.25) is 0 Å². The van der Waals surface area contributed by atoms with E-state index in [-0.39, 0.29) is 12.0 Å². The third kappa shape index (κ3) is 2.76. The summed E-state index contributed by atoms with van der Waals surface area (Å²) in [5.74, 6) is 0. The fraction of sp³-hybridized carbons (Fsp3) is 1.00. The SMILES string of the molecule is CCC1(C)CCN(S(=O)(=O)C(C)CO)CC1. The third-order valence-corrected chi connectivity index (χ3v) is 6.16. The van der Waals surface area contributed by atoms with E-state index in [4.69, 9.17) is 5.11 Å². The largest absolute Gasteiger partial charge is 0.395 e. The lowest BCUT2D eigenvalue weighted by molar-refractivity contribution is 0.167. The summed E-state index contributed by atoms with van der Waals surface area (Å²) >= 11 is 0. The average molecular weight is 249 g/mol. The van der Waals surface area contributed by atoms with Gasteiger partial charge in [0.2, 0.25) is 10.0 Å². The Labute approximate surface area is 98.7 Å². The van der Waals surface area contributed by atoms with Crippen molar-refractivity contribution in [3.8, 4) is 0 Å². The Bertz CT molecular complexity index is 318. The molecule has 0 bridgehead atoms. The second-order valence-electron chi connectivity index (χ2n) is 5.10. The van der Waals surface area contributed by atoms with E-state index in [0.717, 1.165) is 19.3 Å². The van der Waals surface area contributed by atoms with Gasteiger partial charge in [0.05, 0.1) is 11.9 Å². The second kappa shape index (κ2) is 5.02. The molecule has 1 atom stereocenters. The first-order valence-electron chi connectivity index (χ1n) is 5.95. The number of rotatable bonds is 4. The molecule has 1 aliphatic heterocycles. The van der Waals surface area contributed by atoms with Gasteiger partial charge in [0, 0.05) is 13.1 Å². The molecule has 5 heteroatoms. The lowest BCUT2D eigenvalue weighted by Crippen LogP contribution is -2.45. The maximum Gasteiger partial charge on any atom is 0.218 e. The van der Waals surface area contributed by atoms with Crippen molar-refractivity contribution in [2.75, 3.05) is 19.7 Å². The molecule has 1 aliphatic rings. The Hall–Kier alpha value is -0.130. The zero-order chi connectivity index (χ0) is 12.4. The highest BCUT2D eigenvalue weighted by molar-refractivity contribution is 7.89.